The van der Waals surface area contributed by atoms with Crippen LogP contribution in [0.25, 0.3) is 23.4 Å². The molecular formula is C42H40N8O4. The first kappa shape index (κ1) is 34.5. The first-order valence-electron chi connectivity index (χ1n) is 18.2. The van der Waals surface area contributed by atoms with E-state index < -0.39 is 12.1 Å². The molecule has 6 aromatic rings. The number of pyridine rings is 2. The van der Waals surface area contributed by atoms with Gasteiger partial charge in [-0.25, -0.2) is 9.97 Å². The van der Waals surface area contributed by atoms with E-state index in [0.29, 0.717) is 71.4 Å². The molecule has 2 aliphatic rings. The highest BCUT2D eigenvalue weighted by molar-refractivity contribution is 6.03. The van der Waals surface area contributed by atoms with Gasteiger partial charge in [0.1, 0.15) is 34.8 Å². The van der Waals surface area contributed by atoms with Crippen molar-refractivity contribution in [3.8, 4) is 0 Å². The number of aryl methyl sites for hydroxylation is 2. The second-order valence-corrected chi connectivity index (χ2v) is 13.8. The highest BCUT2D eigenvalue weighted by Crippen LogP contribution is 2.26. The van der Waals surface area contributed by atoms with Crippen molar-refractivity contribution in [3.05, 3.63) is 131 Å². The van der Waals surface area contributed by atoms with E-state index in [1.165, 1.54) is 0 Å². The normalized spacial score (nSPS) is 17.1. The minimum atomic E-state index is -0.564. The van der Waals surface area contributed by atoms with Crippen molar-refractivity contribution in [2.45, 2.75) is 51.6 Å². The standard InChI is InChI=1S/C42H40N8O4/c1-27-37(49-23-5-3-11-35(49)43-27)41(53)47-25-7-9-33(47)39(51)45-31-19-15-29(16-20-31)13-14-30-17-21-32(22-18-30)46-40(52)34-10-8-26-48(34)42(54)38-28(2)44-36-12-4-6-24-50(36)38/h3-6,11-24,33-34H,7-10,25-26H2,1-2H3,(H,45,51)(H,46,52)/b14-13+/t33-,34-/m0/s1. The van der Waals surface area contributed by atoms with Gasteiger partial charge in [-0.2, -0.15) is 0 Å². The zero-order chi connectivity index (χ0) is 37.3. The van der Waals surface area contributed by atoms with E-state index in [9.17, 15) is 19.2 Å². The summed E-state index contributed by atoms with van der Waals surface area (Å²) in [7, 11) is 0. The molecule has 272 valence electrons. The molecule has 2 atom stereocenters. The molecule has 12 nitrogen and oxygen atoms in total. The van der Waals surface area contributed by atoms with Crippen LogP contribution in [0.5, 0.6) is 0 Å². The number of benzene rings is 2. The number of carbonyl (C=O) groups excluding carboxylic acids is 4. The maximum absolute atomic E-state index is 13.6. The van der Waals surface area contributed by atoms with Gasteiger partial charge >= 0.3 is 0 Å². The van der Waals surface area contributed by atoms with Crippen LogP contribution in [0.1, 0.15) is 69.2 Å². The zero-order valence-corrected chi connectivity index (χ0v) is 30.1. The molecule has 2 aromatic carbocycles. The topological polar surface area (TPSA) is 133 Å². The third-order valence-electron chi connectivity index (χ3n) is 10.3. The second kappa shape index (κ2) is 14.5. The van der Waals surface area contributed by atoms with Crippen LogP contribution in [0.15, 0.2) is 97.3 Å². The third kappa shape index (κ3) is 6.62. The van der Waals surface area contributed by atoms with Crippen molar-refractivity contribution >= 4 is 58.4 Å². The van der Waals surface area contributed by atoms with E-state index in [1.807, 2.05) is 123 Å². The van der Waals surface area contributed by atoms with E-state index in [-0.39, 0.29) is 23.6 Å². The van der Waals surface area contributed by atoms with Gasteiger partial charge in [-0.3, -0.25) is 28.0 Å². The third-order valence-corrected chi connectivity index (χ3v) is 10.3. The lowest BCUT2D eigenvalue weighted by Crippen LogP contribution is -2.43. The molecule has 0 radical (unpaired) electrons. The van der Waals surface area contributed by atoms with Gasteiger partial charge in [-0.1, -0.05) is 48.6 Å². The predicted octanol–water partition coefficient (Wildman–Crippen LogP) is 6.26. The Bertz CT molecular complexity index is 2260. The first-order chi connectivity index (χ1) is 26.2. The average molecular weight is 721 g/mol. The largest absolute Gasteiger partial charge is 0.325 e. The fourth-order valence-corrected chi connectivity index (χ4v) is 7.58. The molecule has 0 bridgehead atoms. The lowest BCUT2D eigenvalue weighted by molar-refractivity contribution is -0.120. The summed E-state index contributed by atoms with van der Waals surface area (Å²) in [6.07, 6.45) is 10.3. The minimum Gasteiger partial charge on any atom is -0.325 e. The number of imidazole rings is 2. The number of hydrogen-bond acceptors (Lipinski definition) is 6. The fraction of sp³-hybridized carbons (Fsp3) is 0.238. The molecule has 4 aromatic heterocycles. The Hall–Kier alpha value is -6.56. The number of aromatic nitrogens is 4. The highest BCUT2D eigenvalue weighted by Gasteiger charge is 2.37. The molecule has 0 aliphatic carbocycles. The number of nitrogens with one attached hydrogen (secondary N) is 2. The molecule has 0 unspecified atom stereocenters. The first-order valence-corrected chi connectivity index (χ1v) is 18.2. The Morgan fingerprint density at radius 3 is 1.41 bits per heavy atom. The molecule has 6 heterocycles. The molecule has 0 spiro atoms. The van der Waals surface area contributed by atoms with Crippen molar-refractivity contribution in [2.24, 2.45) is 0 Å². The smallest absolute Gasteiger partial charge is 0.273 e. The molecular weight excluding hydrogens is 681 g/mol. The van der Waals surface area contributed by atoms with Crippen molar-refractivity contribution < 1.29 is 19.2 Å². The molecule has 4 amide bonds. The summed E-state index contributed by atoms with van der Waals surface area (Å²) in [5, 5.41) is 5.99. The Morgan fingerprint density at radius 2 is 1.00 bits per heavy atom. The minimum absolute atomic E-state index is 0.192. The van der Waals surface area contributed by atoms with Gasteiger partial charge in [-0.15, -0.1) is 0 Å². The number of fused-ring (bicyclic) bond motifs is 2. The van der Waals surface area contributed by atoms with Crippen LogP contribution in [0.2, 0.25) is 0 Å². The van der Waals surface area contributed by atoms with Crippen LogP contribution in [0.3, 0.4) is 0 Å². The Morgan fingerprint density at radius 1 is 0.593 bits per heavy atom. The average Bonchev–Trinajstić information content (AvgIpc) is 3.99. The monoisotopic (exact) mass is 720 g/mol. The second-order valence-electron chi connectivity index (χ2n) is 13.8. The van der Waals surface area contributed by atoms with Crippen LogP contribution in [-0.2, 0) is 9.59 Å². The number of amides is 4. The molecule has 54 heavy (non-hydrogen) atoms. The molecule has 2 N–H and O–H groups in total. The van der Waals surface area contributed by atoms with E-state index in [2.05, 4.69) is 20.6 Å². The van der Waals surface area contributed by atoms with Gasteiger partial charge in [0.15, 0.2) is 0 Å². The number of carbonyl (C=O) groups is 4. The van der Waals surface area contributed by atoms with Crippen LogP contribution >= 0.6 is 0 Å². The van der Waals surface area contributed by atoms with E-state index in [0.717, 1.165) is 24.0 Å². The number of nitrogens with zero attached hydrogens (tertiary/aromatic N) is 6. The summed E-state index contributed by atoms with van der Waals surface area (Å²) >= 11 is 0. The van der Waals surface area contributed by atoms with Crippen molar-refractivity contribution in [1.29, 1.82) is 0 Å². The van der Waals surface area contributed by atoms with Gasteiger partial charge in [0.25, 0.3) is 11.8 Å². The number of hydrogen-bond donors (Lipinski definition) is 2. The van der Waals surface area contributed by atoms with Gasteiger partial charge in [0.2, 0.25) is 11.8 Å². The summed E-state index contributed by atoms with van der Waals surface area (Å²) in [6, 6.07) is 25.1. The Labute approximate surface area is 312 Å². The summed E-state index contributed by atoms with van der Waals surface area (Å²) < 4.78 is 3.57. The van der Waals surface area contributed by atoms with E-state index in [1.54, 1.807) is 18.6 Å². The van der Waals surface area contributed by atoms with Crippen LogP contribution in [-0.4, -0.2) is 77.4 Å². The molecule has 2 aliphatic heterocycles. The summed E-state index contributed by atoms with van der Waals surface area (Å²) in [5.74, 6) is -0.807. The van der Waals surface area contributed by atoms with Crippen molar-refractivity contribution in [2.75, 3.05) is 23.7 Å². The molecule has 8 rings (SSSR count). The zero-order valence-electron chi connectivity index (χ0n) is 30.1. The summed E-state index contributed by atoms with van der Waals surface area (Å²) in [6.45, 7) is 4.66. The Balaban J connectivity index is 0.861. The lowest BCUT2D eigenvalue weighted by Gasteiger charge is -2.24. The number of rotatable bonds is 8. The molecule has 0 saturated carbocycles. The van der Waals surface area contributed by atoms with Gasteiger partial charge in [0.05, 0.1) is 11.4 Å². The maximum Gasteiger partial charge on any atom is 0.273 e. The molecule has 2 fully saturated rings. The van der Waals surface area contributed by atoms with Gasteiger partial charge in [0, 0.05) is 36.9 Å². The highest BCUT2D eigenvalue weighted by atomic mass is 16.2. The SMILES string of the molecule is Cc1nc2ccccn2c1C(=O)N1CCC[C@H]1C(=O)Nc1ccc(/C=C/c2ccc(NC(=O)[C@@H]3CCCN3C(=O)c3c(C)nc4ccccn34)cc2)cc1. The van der Waals surface area contributed by atoms with Crippen molar-refractivity contribution in [3.63, 3.8) is 0 Å². The molecule has 12 heteroatoms. The summed E-state index contributed by atoms with van der Waals surface area (Å²) in [5.41, 5.74) is 6.84. The number of anilines is 2. The summed E-state index contributed by atoms with van der Waals surface area (Å²) in [4.78, 5) is 66.3. The van der Waals surface area contributed by atoms with Crippen LogP contribution in [0.4, 0.5) is 11.4 Å². The Kier molecular flexibility index (Phi) is 9.24. The van der Waals surface area contributed by atoms with E-state index >= 15 is 0 Å². The maximum atomic E-state index is 13.6. The van der Waals surface area contributed by atoms with Crippen LogP contribution < -0.4 is 10.6 Å². The predicted molar refractivity (Wildman–Crippen MR) is 207 cm³/mol. The van der Waals surface area contributed by atoms with Gasteiger partial charge in [-0.05, 0) is 99.2 Å². The fourth-order valence-electron chi connectivity index (χ4n) is 7.58. The van der Waals surface area contributed by atoms with Crippen molar-refractivity contribution in [1.82, 2.24) is 28.6 Å². The van der Waals surface area contributed by atoms with Gasteiger partial charge < -0.3 is 20.4 Å². The number of likely N-dealkylation sites (tertiary alicyclic amines) is 2. The van der Waals surface area contributed by atoms with Crippen LogP contribution in [0, 0.1) is 13.8 Å². The van der Waals surface area contributed by atoms with E-state index in [4.69, 9.17) is 0 Å². The molecule has 2 saturated heterocycles. The lowest BCUT2D eigenvalue weighted by atomic mass is 10.1. The quantitative estimate of drug-likeness (QED) is 0.179.